The number of amides is 1. The van der Waals surface area contributed by atoms with E-state index >= 15 is 0 Å². The summed E-state index contributed by atoms with van der Waals surface area (Å²) in [5, 5.41) is 1.23. The van der Waals surface area contributed by atoms with Crippen molar-refractivity contribution in [3.8, 4) is 0 Å². The molecule has 0 radical (unpaired) electrons. The highest BCUT2D eigenvalue weighted by atomic mass is 32.2. The van der Waals surface area contributed by atoms with Crippen LogP contribution in [0.2, 0.25) is 0 Å². The molecule has 0 saturated heterocycles. The number of hydrogen-bond acceptors (Lipinski definition) is 5. The van der Waals surface area contributed by atoms with Gasteiger partial charge in [0.15, 0.2) is 5.13 Å². The molecule has 0 atom stereocenters. The van der Waals surface area contributed by atoms with E-state index in [9.17, 15) is 4.79 Å². The lowest BCUT2D eigenvalue weighted by Gasteiger charge is -2.19. The van der Waals surface area contributed by atoms with Crippen molar-refractivity contribution in [3.63, 3.8) is 0 Å². The molecule has 0 fully saturated rings. The van der Waals surface area contributed by atoms with Crippen LogP contribution >= 0.6 is 23.1 Å². The first-order chi connectivity index (χ1) is 14.5. The van der Waals surface area contributed by atoms with Gasteiger partial charge in [-0.1, -0.05) is 43.4 Å². The van der Waals surface area contributed by atoms with Crippen LogP contribution in [-0.2, 0) is 17.8 Å². The Hall–Kier alpha value is -2.57. The molecule has 2 aromatic carbocycles. The monoisotopic (exact) mass is 436 g/mol. The SMILES string of the molecule is Cc1ccc2nc(N(Cc3ccco3)C(=O)Cc3ccc(SC(C)C)cc3)sc2c1. The Morgan fingerprint density at radius 2 is 1.97 bits per heavy atom. The zero-order valence-corrected chi connectivity index (χ0v) is 18.9. The first-order valence-electron chi connectivity index (χ1n) is 9.93. The minimum absolute atomic E-state index is 0.00596. The van der Waals surface area contributed by atoms with Crippen LogP contribution in [0.4, 0.5) is 5.13 Å². The van der Waals surface area contributed by atoms with Crippen LogP contribution in [0.1, 0.15) is 30.7 Å². The van der Waals surface area contributed by atoms with Gasteiger partial charge in [-0.25, -0.2) is 4.98 Å². The molecule has 0 unspecified atom stereocenters. The molecule has 0 N–H and O–H groups in total. The van der Waals surface area contributed by atoms with Crippen molar-refractivity contribution in [1.29, 1.82) is 0 Å². The van der Waals surface area contributed by atoms with Crippen molar-refractivity contribution in [2.75, 3.05) is 4.90 Å². The van der Waals surface area contributed by atoms with Crippen molar-refractivity contribution >= 4 is 44.4 Å². The Balaban J connectivity index is 1.59. The molecule has 30 heavy (non-hydrogen) atoms. The molecule has 4 nitrogen and oxygen atoms in total. The van der Waals surface area contributed by atoms with Crippen molar-refractivity contribution in [1.82, 2.24) is 4.98 Å². The molecular formula is C24H24N2O2S2. The zero-order valence-electron chi connectivity index (χ0n) is 17.3. The summed E-state index contributed by atoms with van der Waals surface area (Å²) in [6.45, 7) is 6.78. The highest BCUT2D eigenvalue weighted by Gasteiger charge is 2.21. The predicted molar refractivity (Wildman–Crippen MR) is 125 cm³/mol. The summed E-state index contributed by atoms with van der Waals surface area (Å²) in [5.74, 6) is 0.744. The van der Waals surface area contributed by atoms with Gasteiger partial charge in [-0.3, -0.25) is 9.69 Å². The molecular weight excluding hydrogens is 412 g/mol. The van der Waals surface area contributed by atoms with E-state index < -0.39 is 0 Å². The van der Waals surface area contributed by atoms with Gasteiger partial charge in [0.1, 0.15) is 5.76 Å². The molecule has 0 spiro atoms. The highest BCUT2D eigenvalue weighted by Crippen LogP contribution is 2.31. The maximum Gasteiger partial charge on any atom is 0.233 e. The van der Waals surface area contributed by atoms with E-state index in [2.05, 4.69) is 39.0 Å². The van der Waals surface area contributed by atoms with Gasteiger partial charge in [0.25, 0.3) is 0 Å². The van der Waals surface area contributed by atoms with Gasteiger partial charge >= 0.3 is 0 Å². The van der Waals surface area contributed by atoms with E-state index in [1.165, 1.54) is 21.8 Å². The highest BCUT2D eigenvalue weighted by molar-refractivity contribution is 7.99. The average molecular weight is 437 g/mol. The van der Waals surface area contributed by atoms with Gasteiger partial charge in [0.2, 0.25) is 5.91 Å². The predicted octanol–water partition coefficient (Wildman–Crippen LogP) is 6.47. The normalized spacial score (nSPS) is 11.3. The van der Waals surface area contributed by atoms with Crippen molar-refractivity contribution in [3.05, 3.63) is 77.7 Å². The second-order valence-corrected chi connectivity index (χ2v) is 10.2. The van der Waals surface area contributed by atoms with Crippen molar-refractivity contribution in [2.45, 2.75) is 43.9 Å². The number of aryl methyl sites for hydroxylation is 1. The molecule has 6 heteroatoms. The Morgan fingerprint density at radius 1 is 1.17 bits per heavy atom. The largest absolute Gasteiger partial charge is 0.467 e. The first-order valence-corrected chi connectivity index (χ1v) is 11.6. The number of thiazole rings is 1. The Kier molecular flexibility index (Phi) is 6.25. The smallest absolute Gasteiger partial charge is 0.233 e. The average Bonchev–Trinajstić information content (AvgIpc) is 3.36. The maximum absolute atomic E-state index is 13.3. The summed E-state index contributed by atoms with van der Waals surface area (Å²) >= 11 is 3.36. The summed E-state index contributed by atoms with van der Waals surface area (Å²) in [6.07, 6.45) is 1.95. The van der Waals surface area contributed by atoms with Gasteiger partial charge in [-0.05, 0) is 54.4 Å². The van der Waals surface area contributed by atoms with E-state index in [-0.39, 0.29) is 5.91 Å². The Labute approximate surface area is 184 Å². The molecule has 0 aliphatic rings. The minimum atomic E-state index is 0.00596. The lowest BCUT2D eigenvalue weighted by atomic mass is 10.1. The molecule has 154 valence electrons. The summed E-state index contributed by atoms with van der Waals surface area (Å²) in [6, 6.07) is 18.1. The summed E-state index contributed by atoms with van der Waals surface area (Å²) in [4.78, 5) is 21.0. The fourth-order valence-electron chi connectivity index (χ4n) is 3.18. The molecule has 2 heterocycles. The third-order valence-electron chi connectivity index (χ3n) is 4.61. The van der Waals surface area contributed by atoms with Gasteiger partial charge in [-0.2, -0.15) is 0 Å². The number of carbonyl (C=O) groups excluding carboxylic acids is 1. The molecule has 2 aromatic heterocycles. The number of carbonyl (C=O) groups is 1. The number of hydrogen-bond donors (Lipinski definition) is 0. The molecule has 1 amide bonds. The van der Waals surface area contributed by atoms with Gasteiger partial charge in [0.05, 0.1) is 29.4 Å². The summed E-state index contributed by atoms with van der Waals surface area (Å²) in [7, 11) is 0. The summed E-state index contributed by atoms with van der Waals surface area (Å²) in [5.41, 5.74) is 3.09. The van der Waals surface area contributed by atoms with Crippen molar-refractivity contribution in [2.24, 2.45) is 0 Å². The van der Waals surface area contributed by atoms with Gasteiger partial charge < -0.3 is 4.42 Å². The second kappa shape index (κ2) is 9.06. The second-order valence-electron chi connectivity index (χ2n) is 7.51. The van der Waals surface area contributed by atoms with Crippen LogP contribution in [0.3, 0.4) is 0 Å². The zero-order chi connectivity index (χ0) is 21.1. The lowest BCUT2D eigenvalue weighted by molar-refractivity contribution is -0.118. The van der Waals surface area contributed by atoms with Crippen LogP contribution in [0.5, 0.6) is 0 Å². The van der Waals surface area contributed by atoms with E-state index in [1.54, 1.807) is 11.2 Å². The quantitative estimate of drug-likeness (QED) is 0.311. The fraction of sp³-hybridized carbons (Fsp3) is 0.250. The Bertz CT molecular complexity index is 1130. The van der Waals surface area contributed by atoms with Crippen LogP contribution < -0.4 is 4.90 Å². The van der Waals surface area contributed by atoms with Gasteiger partial charge in [-0.15, -0.1) is 11.8 Å². The third kappa shape index (κ3) is 4.94. The number of benzene rings is 2. The fourth-order valence-corrected chi connectivity index (χ4v) is 5.10. The topological polar surface area (TPSA) is 46.3 Å². The number of fused-ring (bicyclic) bond motifs is 1. The number of anilines is 1. The minimum Gasteiger partial charge on any atom is -0.467 e. The maximum atomic E-state index is 13.3. The lowest BCUT2D eigenvalue weighted by Crippen LogP contribution is -2.31. The van der Waals surface area contributed by atoms with E-state index in [1.807, 2.05) is 48.2 Å². The number of rotatable bonds is 7. The standard InChI is InChI=1S/C24H24N2O2S2/c1-16(2)29-20-9-7-18(8-10-20)14-23(27)26(15-19-5-4-12-28-19)24-25-21-11-6-17(3)13-22(21)30-24/h4-13,16H,14-15H2,1-3H3. The number of aromatic nitrogens is 1. The van der Waals surface area contributed by atoms with Crippen LogP contribution in [0.15, 0.2) is 70.2 Å². The van der Waals surface area contributed by atoms with Gasteiger partial charge in [0, 0.05) is 10.1 Å². The van der Waals surface area contributed by atoms with Crippen molar-refractivity contribution < 1.29 is 9.21 Å². The molecule has 0 bridgehead atoms. The molecule has 4 aromatic rings. The molecule has 4 rings (SSSR count). The molecule has 0 aliphatic heterocycles. The van der Waals surface area contributed by atoms with E-state index in [0.717, 1.165) is 21.5 Å². The number of thioether (sulfide) groups is 1. The molecule has 0 saturated carbocycles. The Morgan fingerprint density at radius 3 is 2.67 bits per heavy atom. The van der Waals surface area contributed by atoms with Crippen LogP contribution in [0.25, 0.3) is 10.2 Å². The van der Waals surface area contributed by atoms with E-state index in [0.29, 0.717) is 23.3 Å². The molecule has 0 aliphatic carbocycles. The number of nitrogens with zero attached hydrogens (tertiary/aromatic N) is 2. The van der Waals surface area contributed by atoms with Crippen LogP contribution in [0, 0.1) is 6.92 Å². The summed E-state index contributed by atoms with van der Waals surface area (Å²) < 4.78 is 6.59. The third-order valence-corrected chi connectivity index (χ3v) is 6.67. The van der Waals surface area contributed by atoms with Crippen LogP contribution in [-0.4, -0.2) is 16.1 Å². The first kappa shape index (κ1) is 20.7. The number of furan rings is 1. The van der Waals surface area contributed by atoms with E-state index in [4.69, 9.17) is 9.40 Å².